The van der Waals surface area contributed by atoms with Gasteiger partial charge in [-0.2, -0.15) is 0 Å². The Labute approximate surface area is 163 Å². The number of aryl methyl sites for hydroxylation is 3. The van der Waals surface area contributed by atoms with Gasteiger partial charge in [0.25, 0.3) is 0 Å². The van der Waals surface area contributed by atoms with Crippen LogP contribution in [0.1, 0.15) is 42.2 Å². The second-order valence-electron chi connectivity index (χ2n) is 7.02. The maximum atomic E-state index is 12.4. The minimum absolute atomic E-state index is 0.158. The Morgan fingerprint density at radius 2 is 2.19 bits per heavy atom. The summed E-state index contributed by atoms with van der Waals surface area (Å²) in [5.74, 6) is 2.64. The lowest BCUT2D eigenvalue weighted by molar-refractivity contribution is -0.115. The van der Waals surface area contributed by atoms with Crippen molar-refractivity contribution in [2.75, 3.05) is 19.4 Å². The predicted octanol–water partition coefficient (Wildman–Crippen LogP) is 4.25. The molecular formula is C21H24N2O3S. The SMILES string of the molecule is COc1c(/C(C)=C/C(=O)NC2=NCCS2)cc2c3c(oc2c1C)CCCC3. The van der Waals surface area contributed by atoms with Crippen LogP contribution >= 0.6 is 11.8 Å². The Morgan fingerprint density at radius 3 is 2.93 bits per heavy atom. The zero-order chi connectivity index (χ0) is 19.0. The van der Waals surface area contributed by atoms with Gasteiger partial charge in [-0.15, -0.1) is 0 Å². The zero-order valence-electron chi connectivity index (χ0n) is 16.0. The molecule has 0 unspecified atom stereocenters. The number of aliphatic imine (C=N–C) groups is 1. The van der Waals surface area contributed by atoms with Gasteiger partial charge in [-0.25, -0.2) is 0 Å². The molecule has 1 aromatic heterocycles. The van der Waals surface area contributed by atoms with Crippen LogP contribution in [0.3, 0.4) is 0 Å². The van der Waals surface area contributed by atoms with Crippen LogP contribution in [0.15, 0.2) is 21.6 Å². The van der Waals surface area contributed by atoms with Crippen LogP contribution < -0.4 is 10.1 Å². The Morgan fingerprint density at radius 1 is 1.37 bits per heavy atom. The number of benzene rings is 1. The quantitative estimate of drug-likeness (QED) is 0.804. The van der Waals surface area contributed by atoms with E-state index in [0.717, 1.165) is 64.3 Å². The summed E-state index contributed by atoms with van der Waals surface area (Å²) in [6.45, 7) is 4.73. The molecule has 6 heteroatoms. The summed E-state index contributed by atoms with van der Waals surface area (Å²) in [7, 11) is 1.66. The van der Waals surface area contributed by atoms with E-state index in [9.17, 15) is 4.79 Å². The van der Waals surface area contributed by atoms with E-state index in [4.69, 9.17) is 9.15 Å². The first kappa shape index (κ1) is 18.2. The van der Waals surface area contributed by atoms with Crippen LogP contribution in [0.5, 0.6) is 5.75 Å². The first-order valence-electron chi connectivity index (χ1n) is 9.37. The highest BCUT2D eigenvalue weighted by molar-refractivity contribution is 8.14. The molecule has 5 nitrogen and oxygen atoms in total. The largest absolute Gasteiger partial charge is 0.496 e. The average Bonchev–Trinajstić information content (AvgIpc) is 3.29. The number of hydrogen-bond acceptors (Lipinski definition) is 5. The number of nitrogens with one attached hydrogen (secondary N) is 1. The van der Waals surface area contributed by atoms with Crippen LogP contribution in [-0.2, 0) is 17.6 Å². The predicted molar refractivity (Wildman–Crippen MR) is 111 cm³/mol. The van der Waals surface area contributed by atoms with Gasteiger partial charge in [0.05, 0.1) is 13.7 Å². The van der Waals surface area contributed by atoms with E-state index >= 15 is 0 Å². The Hall–Kier alpha value is -2.21. The highest BCUT2D eigenvalue weighted by atomic mass is 32.2. The average molecular weight is 385 g/mol. The molecule has 0 spiro atoms. The van der Waals surface area contributed by atoms with E-state index in [1.807, 2.05) is 13.8 Å². The highest BCUT2D eigenvalue weighted by Gasteiger charge is 2.23. The molecular weight excluding hydrogens is 360 g/mol. The fourth-order valence-corrected chi connectivity index (χ4v) is 4.65. The minimum Gasteiger partial charge on any atom is -0.496 e. The van der Waals surface area contributed by atoms with E-state index in [2.05, 4.69) is 16.4 Å². The number of ether oxygens (including phenoxy) is 1. The van der Waals surface area contributed by atoms with Gasteiger partial charge in [-0.3, -0.25) is 9.79 Å². The van der Waals surface area contributed by atoms with Crippen molar-refractivity contribution in [3.05, 3.63) is 34.6 Å². The topological polar surface area (TPSA) is 63.8 Å². The van der Waals surface area contributed by atoms with Crippen molar-refractivity contribution in [1.82, 2.24) is 5.32 Å². The molecule has 1 aliphatic heterocycles. The Kier molecular flexibility index (Phi) is 5.00. The number of hydrogen-bond donors (Lipinski definition) is 1. The van der Waals surface area contributed by atoms with Gasteiger partial charge in [0.1, 0.15) is 17.1 Å². The lowest BCUT2D eigenvalue weighted by Crippen LogP contribution is -2.25. The number of carbonyl (C=O) groups excluding carboxylic acids is 1. The molecule has 2 aliphatic rings. The van der Waals surface area contributed by atoms with Gasteiger partial charge < -0.3 is 14.5 Å². The number of amides is 1. The molecule has 0 saturated carbocycles. The number of rotatable bonds is 3. The van der Waals surface area contributed by atoms with Crippen molar-refractivity contribution in [3.8, 4) is 5.75 Å². The van der Waals surface area contributed by atoms with Gasteiger partial charge in [0.2, 0.25) is 5.91 Å². The monoisotopic (exact) mass is 384 g/mol. The lowest BCUT2D eigenvalue weighted by atomic mass is 9.93. The summed E-state index contributed by atoms with van der Waals surface area (Å²) >= 11 is 1.57. The van der Waals surface area contributed by atoms with E-state index in [1.165, 1.54) is 18.4 Å². The van der Waals surface area contributed by atoms with Crippen LogP contribution in [0.4, 0.5) is 0 Å². The number of methoxy groups -OCH3 is 1. The number of fused-ring (bicyclic) bond motifs is 3. The fraction of sp³-hybridized carbons (Fsp3) is 0.429. The van der Waals surface area contributed by atoms with Gasteiger partial charge in [0.15, 0.2) is 5.17 Å². The molecule has 1 N–H and O–H groups in total. The van der Waals surface area contributed by atoms with E-state index in [-0.39, 0.29) is 5.91 Å². The maximum Gasteiger partial charge on any atom is 0.250 e. The van der Waals surface area contributed by atoms with Crippen LogP contribution in [0, 0.1) is 6.92 Å². The van der Waals surface area contributed by atoms with Gasteiger partial charge in [-0.1, -0.05) is 11.8 Å². The maximum absolute atomic E-state index is 12.4. The molecule has 142 valence electrons. The van der Waals surface area contributed by atoms with Gasteiger partial charge in [0, 0.05) is 40.3 Å². The summed E-state index contributed by atoms with van der Waals surface area (Å²) in [4.78, 5) is 16.6. The van der Waals surface area contributed by atoms with Crippen molar-refractivity contribution in [1.29, 1.82) is 0 Å². The van der Waals surface area contributed by atoms with Crippen LogP contribution in [0.25, 0.3) is 16.5 Å². The normalized spacial score (nSPS) is 17.0. The molecule has 2 heterocycles. The summed E-state index contributed by atoms with van der Waals surface area (Å²) in [6, 6.07) is 2.12. The summed E-state index contributed by atoms with van der Waals surface area (Å²) in [5.41, 5.74) is 5.02. The summed E-state index contributed by atoms with van der Waals surface area (Å²) in [5, 5.41) is 4.71. The van der Waals surface area contributed by atoms with Crippen molar-refractivity contribution < 1.29 is 13.9 Å². The molecule has 1 amide bonds. The Balaban J connectivity index is 1.75. The Bertz CT molecular complexity index is 972. The van der Waals surface area contributed by atoms with Crippen molar-refractivity contribution in [2.45, 2.75) is 39.5 Å². The summed E-state index contributed by atoms with van der Waals surface area (Å²) < 4.78 is 11.9. The standard InChI is InChI=1S/C21H24N2O3S/c1-12(10-18(24)23-21-22-8-9-27-21)15-11-16-14-6-4-5-7-17(14)26-20(16)13(2)19(15)25-3/h10-11H,4-9H2,1-3H3,(H,22,23,24)/b12-10+. The molecule has 27 heavy (non-hydrogen) atoms. The van der Waals surface area contributed by atoms with Crippen molar-refractivity contribution in [2.24, 2.45) is 4.99 Å². The zero-order valence-corrected chi connectivity index (χ0v) is 16.8. The van der Waals surface area contributed by atoms with Gasteiger partial charge >= 0.3 is 0 Å². The summed E-state index contributed by atoms with van der Waals surface area (Å²) in [6.07, 6.45) is 6.04. The van der Waals surface area contributed by atoms with Gasteiger partial charge in [-0.05, 0) is 44.7 Å². The second kappa shape index (κ2) is 7.43. The highest BCUT2D eigenvalue weighted by Crippen LogP contribution is 2.40. The smallest absolute Gasteiger partial charge is 0.250 e. The number of allylic oxidation sites excluding steroid dienone is 1. The van der Waals surface area contributed by atoms with Crippen LogP contribution in [-0.4, -0.2) is 30.5 Å². The molecule has 0 radical (unpaired) electrons. The first-order chi connectivity index (χ1) is 13.1. The number of nitrogens with zero attached hydrogens (tertiary/aromatic N) is 1. The number of furan rings is 1. The van der Waals surface area contributed by atoms with E-state index < -0.39 is 0 Å². The minimum atomic E-state index is -0.158. The molecule has 0 fully saturated rings. The van der Waals surface area contributed by atoms with Crippen molar-refractivity contribution >= 4 is 39.4 Å². The third kappa shape index (κ3) is 3.38. The second-order valence-corrected chi connectivity index (χ2v) is 8.11. The number of amidine groups is 1. The molecule has 1 aliphatic carbocycles. The third-order valence-corrected chi connectivity index (χ3v) is 6.11. The molecule has 0 saturated heterocycles. The lowest BCUT2D eigenvalue weighted by Gasteiger charge is -2.13. The number of carbonyl (C=O) groups is 1. The number of thioether (sulfide) groups is 1. The molecule has 2 aromatic rings. The van der Waals surface area contributed by atoms with Crippen molar-refractivity contribution in [3.63, 3.8) is 0 Å². The molecule has 0 bridgehead atoms. The molecule has 0 atom stereocenters. The van der Waals surface area contributed by atoms with Crippen LogP contribution in [0.2, 0.25) is 0 Å². The third-order valence-electron chi connectivity index (χ3n) is 5.22. The molecule has 1 aromatic carbocycles. The first-order valence-corrected chi connectivity index (χ1v) is 10.4. The van der Waals surface area contributed by atoms with E-state index in [1.54, 1.807) is 24.9 Å². The van der Waals surface area contributed by atoms with E-state index in [0.29, 0.717) is 5.17 Å². The fourth-order valence-electron chi connectivity index (χ4n) is 3.92. The molecule has 4 rings (SSSR count).